The fraction of sp³-hybridized carbons (Fsp3) is 0.650. The van der Waals surface area contributed by atoms with E-state index in [0.717, 1.165) is 45.3 Å². The van der Waals surface area contributed by atoms with Crippen molar-refractivity contribution in [2.75, 3.05) is 33.4 Å². The second-order valence-electron chi connectivity index (χ2n) is 7.50. The number of benzene rings is 1. The number of carbonyl (C=O) groups is 1. The van der Waals surface area contributed by atoms with Gasteiger partial charge in [0.15, 0.2) is 0 Å². The Bertz CT molecular complexity index is 532. The van der Waals surface area contributed by atoms with Crippen LogP contribution >= 0.6 is 12.4 Å². The van der Waals surface area contributed by atoms with Gasteiger partial charge in [0.1, 0.15) is 0 Å². The summed E-state index contributed by atoms with van der Waals surface area (Å²) < 4.78 is 5.40. The van der Waals surface area contributed by atoms with Crippen LogP contribution in [0.1, 0.15) is 44.1 Å². The molecule has 2 N–H and O–H groups in total. The predicted molar refractivity (Wildman–Crippen MR) is 103 cm³/mol. The normalized spacial score (nSPS) is 21.3. The van der Waals surface area contributed by atoms with Gasteiger partial charge < -0.3 is 15.4 Å². The van der Waals surface area contributed by atoms with E-state index in [1.807, 2.05) is 0 Å². The Morgan fingerprint density at radius 1 is 1.12 bits per heavy atom. The third-order valence-corrected chi connectivity index (χ3v) is 6.00. The maximum absolute atomic E-state index is 13.0. The van der Waals surface area contributed by atoms with Gasteiger partial charge >= 0.3 is 0 Å². The molecule has 0 spiro atoms. The van der Waals surface area contributed by atoms with E-state index in [1.165, 1.54) is 18.4 Å². The first-order chi connectivity index (χ1) is 11.7. The molecule has 0 aromatic heterocycles. The first-order valence-electron chi connectivity index (χ1n) is 9.24. The van der Waals surface area contributed by atoms with E-state index in [2.05, 4.69) is 41.0 Å². The molecule has 2 aliphatic rings. The Morgan fingerprint density at radius 3 is 2.36 bits per heavy atom. The van der Waals surface area contributed by atoms with Crippen LogP contribution in [0, 0.1) is 5.41 Å². The van der Waals surface area contributed by atoms with Crippen molar-refractivity contribution in [3.8, 4) is 0 Å². The van der Waals surface area contributed by atoms with Gasteiger partial charge in [0.25, 0.3) is 0 Å². The van der Waals surface area contributed by atoms with Crippen molar-refractivity contribution in [1.29, 1.82) is 0 Å². The lowest BCUT2D eigenvalue weighted by atomic mass is 9.76. The Hall–Kier alpha value is -1.10. The van der Waals surface area contributed by atoms with Crippen LogP contribution in [0.15, 0.2) is 30.3 Å². The van der Waals surface area contributed by atoms with E-state index in [4.69, 9.17) is 4.74 Å². The number of amides is 1. The Morgan fingerprint density at radius 2 is 1.76 bits per heavy atom. The van der Waals surface area contributed by atoms with Crippen LogP contribution in [0.25, 0.3) is 0 Å². The molecule has 0 radical (unpaired) electrons. The molecule has 1 aliphatic carbocycles. The fourth-order valence-electron chi connectivity index (χ4n) is 4.47. The first-order valence-corrected chi connectivity index (χ1v) is 9.24. The van der Waals surface area contributed by atoms with E-state index in [1.54, 1.807) is 7.11 Å². The molecule has 1 saturated heterocycles. The lowest BCUT2D eigenvalue weighted by Crippen LogP contribution is -2.52. The van der Waals surface area contributed by atoms with Crippen LogP contribution in [0.5, 0.6) is 0 Å². The second kappa shape index (κ2) is 9.02. The highest BCUT2D eigenvalue weighted by Crippen LogP contribution is 2.41. The van der Waals surface area contributed by atoms with Crippen LogP contribution in [0.2, 0.25) is 0 Å². The lowest BCUT2D eigenvalue weighted by molar-refractivity contribution is -0.136. The Balaban J connectivity index is 0.00000225. The van der Waals surface area contributed by atoms with Crippen LogP contribution in [0.4, 0.5) is 0 Å². The van der Waals surface area contributed by atoms with E-state index >= 15 is 0 Å². The minimum atomic E-state index is -0.365. The van der Waals surface area contributed by atoms with E-state index < -0.39 is 0 Å². The SMILES string of the molecule is COCC1(C(=O)NCC2(c3ccccc3)CCCC2)CCNCC1.Cl. The molecule has 140 valence electrons. The van der Waals surface area contributed by atoms with Crippen LogP contribution in [-0.2, 0) is 14.9 Å². The summed E-state index contributed by atoms with van der Waals surface area (Å²) in [5.41, 5.74) is 1.11. The molecule has 1 aromatic rings. The molecule has 0 atom stereocenters. The lowest BCUT2D eigenvalue weighted by Gasteiger charge is -2.37. The molecule has 0 unspecified atom stereocenters. The van der Waals surface area contributed by atoms with Gasteiger partial charge in [0, 0.05) is 19.1 Å². The minimum absolute atomic E-state index is 0. The van der Waals surface area contributed by atoms with Crippen LogP contribution in [-0.4, -0.2) is 39.3 Å². The molecular formula is C20H31ClN2O2. The monoisotopic (exact) mass is 366 g/mol. The summed E-state index contributed by atoms with van der Waals surface area (Å²) in [5, 5.41) is 6.66. The molecule has 1 aromatic carbocycles. The zero-order chi connectivity index (χ0) is 16.9. The summed E-state index contributed by atoms with van der Waals surface area (Å²) in [4.78, 5) is 13.0. The summed E-state index contributed by atoms with van der Waals surface area (Å²) in [7, 11) is 1.69. The van der Waals surface area contributed by atoms with E-state index in [9.17, 15) is 4.79 Å². The maximum Gasteiger partial charge on any atom is 0.228 e. The molecule has 1 heterocycles. The molecule has 1 aliphatic heterocycles. The van der Waals surface area contributed by atoms with Gasteiger partial charge in [0.2, 0.25) is 5.91 Å². The summed E-state index contributed by atoms with van der Waals surface area (Å²) in [5.74, 6) is 0.174. The highest BCUT2D eigenvalue weighted by atomic mass is 35.5. The van der Waals surface area contributed by atoms with Crippen molar-refractivity contribution < 1.29 is 9.53 Å². The summed E-state index contributed by atoms with van der Waals surface area (Å²) in [6.07, 6.45) is 6.53. The standard InChI is InChI=1S/C20H30N2O2.ClH/c1-24-16-20(11-13-21-14-12-20)18(23)22-15-19(9-5-6-10-19)17-7-3-2-4-8-17;/h2-4,7-8,21H,5-6,9-16H2,1H3,(H,22,23);1H. The van der Waals surface area contributed by atoms with Gasteiger partial charge in [-0.25, -0.2) is 0 Å². The zero-order valence-corrected chi connectivity index (χ0v) is 16.0. The molecule has 4 nitrogen and oxygen atoms in total. The minimum Gasteiger partial charge on any atom is -0.384 e. The number of rotatable bonds is 6. The number of methoxy groups -OCH3 is 1. The number of piperidine rings is 1. The number of hydrogen-bond donors (Lipinski definition) is 2. The fourth-order valence-corrected chi connectivity index (χ4v) is 4.47. The first kappa shape index (κ1) is 20.2. The zero-order valence-electron chi connectivity index (χ0n) is 15.2. The molecule has 0 bridgehead atoms. The smallest absolute Gasteiger partial charge is 0.228 e. The van der Waals surface area contributed by atoms with E-state index in [0.29, 0.717) is 6.61 Å². The highest BCUT2D eigenvalue weighted by molar-refractivity contribution is 5.85. The molecule has 1 amide bonds. The van der Waals surface area contributed by atoms with Crippen molar-refractivity contribution in [2.45, 2.75) is 43.9 Å². The van der Waals surface area contributed by atoms with Crippen LogP contribution in [0.3, 0.4) is 0 Å². The molecule has 25 heavy (non-hydrogen) atoms. The largest absolute Gasteiger partial charge is 0.384 e. The Labute approximate surface area is 157 Å². The van der Waals surface area contributed by atoms with E-state index in [-0.39, 0.29) is 29.1 Å². The number of nitrogens with one attached hydrogen (secondary N) is 2. The maximum atomic E-state index is 13.0. The second-order valence-corrected chi connectivity index (χ2v) is 7.50. The molecule has 5 heteroatoms. The number of carbonyl (C=O) groups excluding carboxylic acids is 1. The molecule has 2 fully saturated rings. The average molecular weight is 367 g/mol. The molecular weight excluding hydrogens is 336 g/mol. The van der Waals surface area contributed by atoms with Crippen molar-refractivity contribution in [3.05, 3.63) is 35.9 Å². The summed E-state index contributed by atoms with van der Waals surface area (Å²) >= 11 is 0. The average Bonchev–Trinajstić information content (AvgIpc) is 3.12. The van der Waals surface area contributed by atoms with Crippen molar-refractivity contribution in [3.63, 3.8) is 0 Å². The van der Waals surface area contributed by atoms with Gasteiger partial charge in [-0.2, -0.15) is 0 Å². The topological polar surface area (TPSA) is 50.4 Å². The van der Waals surface area contributed by atoms with Crippen molar-refractivity contribution in [2.24, 2.45) is 5.41 Å². The number of halogens is 1. The summed E-state index contributed by atoms with van der Waals surface area (Å²) in [6, 6.07) is 10.7. The van der Waals surface area contributed by atoms with Crippen LogP contribution < -0.4 is 10.6 Å². The number of ether oxygens (including phenoxy) is 1. The molecule has 1 saturated carbocycles. The van der Waals surface area contributed by atoms with Gasteiger partial charge in [-0.1, -0.05) is 43.2 Å². The van der Waals surface area contributed by atoms with Gasteiger partial charge in [0.05, 0.1) is 12.0 Å². The van der Waals surface area contributed by atoms with Gasteiger partial charge in [-0.3, -0.25) is 4.79 Å². The van der Waals surface area contributed by atoms with Crippen molar-refractivity contribution in [1.82, 2.24) is 10.6 Å². The third kappa shape index (κ3) is 4.36. The Kier molecular flexibility index (Phi) is 7.29. The third-order valence-electron chi connectivity index (χ3n) is 6.00. The number of hydrogen-bond acceptors (Lipinski definition) is 3. The van der Waals surface area contributed by atoms with Gasteiger partial charge in [-0.05, 0) is 44.3 Å². The van der Waals surface area contributed by atoms with Crippen molar-refractivity contribution >= 4 is 18.3 Å². The quantitative estimate of drug-likeness (QED) is 0.813. The predicted octanol–water partition coefficient (Wildman–Crippen LogP) is 3.05. The summed E-state index contributed by atoms with van der Waals surface area (Å²) in [6.45, 7) is 3.04. The highest BCUT2D eigenvalue weighted by Gasteiger charge is 2.42. The molecule has 3 rings (SSSR count). The van der Waals surface area contributed by atoms with Gasteiger partial charge in [-0.15, -0.1) is 12.4 Å².